The first-order chi connectivity index (χ1) is 9.82. The third-order valence-electron chi connectivity index (χ3n) is 5.82. The van der Waals surface area contributed by atoms with E-state index in [1.165, 1.54) is 7.11 Å². The quantitative estimate of drug-likeness (QED) is 0.741. The minimum Gasteiger partial charge on any atom is -0.504 e. The Morgan fingerprint density at radius 2 is 1.95 bits per heavy atom. The van der Waals surface area contributed by atoms with Crippen LogP contribution in [-0.4, -0.2) is 34.1 Å². The molecule has 2 aliphatic rings. The van der Waals surface area contributed by atoms with Crippen LogP contribution in [0.15, 0.2) is 12.1 Å². The second kappa shape index (κ2) is 4.62. The molecule has 0 aliphatic heterocycles. The summed E-state index contributed by atoms with van der Waals surface area (Å²) in [6, 6.07) is 3.68. The number of phenolic OH excluding ortho intramolecular Hbond substituents is 1. The van der Waals surface area contributed by atoms with Gasteiger partial charge in [0.05, 0.1) is 18.8 Å². The van der Waals surface area contributed by atoms with E-state index in [-0.39, 0.29) is 11.7 Å². The van der Waals surface area contributed by atoms with Gasteiger partial charge < -0.3 is 20.1 Å². The van der Waals surface area contributed by atoms with Gasteiger partial charge in [-0.2, -0.15) is 0 Å². The summed E-state index contributed by atoms with van der Waals surface area (Å²) in [5, 5.41) is 31.8. The van der Waals surface area contributed by atoms with Crippen molar-refractivity contribution in [1.82, 2.24) is 0 Å². The Kier molecular flexibility index (Phi) is 3.22. The van der Waals surface area contributed by atoms with Crippen molar-refractivity contribution in [3.63, 3.8) is 0 Å². The molecular formula is C17H24O4. The molecule has 0 saturated heterocycles. The van der Waals surface area contributed by atoms with Gasteiger partial charge in [-0.05, 0) is 50.2 Å². The monoisotopic (exact) mass is 292 g/mol. The number of ether oxygens (including phenoxy) is 1. The van der Waals surface area contributed by atoms with E-state index in [0.29, 0.717) is 25.0 Å². The molecule has 0 heterocycles. The van der Waals surface area contributed by atoms with Crippen molar-refractivity contribution < 1.29 is 20.1 Å². The highest BCUT2D eigenvalue weighted by Gasteiger charge is 2.56. The average molecular weight is 292 g/mol. The van der Waals surface area contributed by atoms with Crippen LogP contribution >= 0.6 is 0 Å². The molecule has 0 spiro atoms. The van der Waals surface area contributed by atoms with Crippen molar-refractivity contribution in [3.05, 3.63) is 23.3 Å². The first-order valence-corrected chi connectivity index (χ1v) is 7.62. The summed E-state index contributed by atoms with van der Waals surface area (Å²) in [5.41, 5.74) is 0.495. The Labute approximate surface area is 125 Å². The molecule has 4 atom stereocenters. The standard InChI is InChI=1S/C17H24O4/c1-16(20)9-8-14(18)17(2)11-5-6-12(21-3)15(19)10(11)4-7-13(16)17/h5-6,13-14,18-20H,4,7-9H2,1-3H3. The highest BCUT2D eigenvalue weighted by atomic mass is 16.5. The fourth-order valence-electron chi connectivity index (χ4n) is 4.59. The highest BCUT2D eigenvalue weighted by Crippen LogP contribution is 2.55. The van der Waals surface area contributed by atoms with Gasteiger partial charge in [-0.1, -0.05) is 13.0 Å². The number of rotatable bonds is 1. The fraction of sp³-hybridized carbons (Fsp3) is 0.647. The molecule has 21 heavy (non-hydrogen) atoms. The molecule has 0 bridgehead atoms. The van der Waals surface area contributed by atoms with Crippen molar-refractivity contribution in [3.8, 4) is 11.5 Å². The molecule has 1 saturated carbocycles. The Bertz CT molecular complexity index is 566. The molecule has 3 rings (SSSR count). The molecule has 1 fully saturated rings. The molecule has 1 aromatic carbocycles. The molecule has 1 aromatic rings. The van der Waals surface area contributed by atoms with E-state index < -0.39 is 17.1 Å². The summed E-state index contributed by atoms with van der Waals surface area (Å²) in [6.07, 6.45) is 2.14. The number of hydrogen-bond donors (Lipinski definition) is 3. The Balaban J connectivity index is 2.18. The fourth-order valence-corrected chi connectivity index (χ4v) is 4.59. The van der Waals surface area contributed by atoms with E-state index in [1.54, 1.807) is 6.07 Å². The summed E-state index contributed by atoms with van der Waals surface area (Å²) < 4.78 is 5.19. The molecule has 0 radical (unpaired) electrons. The number of benzene rings is 1. The number of aromatic hydroxyl groups is 1. The van der Waals surface area contributed by atoms with Crippen LogP contribution in [-0.2, 0) is 11.8 Å². The smallest absolute Gasteiger partial charge is 0.161 e. The molecule has 4 heteroatoms. The summed E-state index contributed by atoms with van der Waals surface area (Å²) in [6.45, 7) is 3.88. The van der Waals surface area contributed by atoms with Gasteiger partial charge in [0.1, 0.15) is 0 Å². The Hall–Kier alpha value is -1.26. The largest absolute Gasteiger partial charge is 0.504 e. The lowest BCUT2D eigenvalue weighted by Crippen LogP contribution is -2.59. The van der Waals surface area contributed by atoms with Crippen molar-refractivity contribution in [2.45, 2.75) is 56.7 Å². The minimum atomic E-state index is -0.777. The van der Waals surface area contributed by atoms with Gasteiger partial charge in [-0.3, -0.25) is 0 Å². The first-order valence-electron chi connectivity index (χ1n) is 7.62. The molecule has 4 nitrogen and oxygen atoms in total. The van der Waals surface area contributed by atoms with E-state index in [0.717, 1.165) is 17.5 Å². The van der Waals surface area contributed by atoms with Gasteiger partial charge >= 0.3 is 0 Å². The number of phenols is 1. The zero-order valence-electron chi connectivity index (χ0n) is 12.9. The third-order valence-corrected chi connectivity index (χ3v) is 5.82. The van der Waals surface area contributed by atoms with Crippen LogP contribution in [0.5, 0.6) is 11.5 Å². The lowest BCUT2D eigenvalue weighted by Gasteiger charge is -2.55. The van der Waals surface area contributed by atoms with Crippen LogP contribution in [0.4, 0.5) is 0 Å². The normalized spacial score (nSPS) is 38.5. The van der Waals surface area contributed by atoms with E-state index in [1.807, 2.05) is 19.9 Å². The SMILES string of the molecule is COc1ccc2c(c1O)CCC1C(C)(O)CCC(O)C21C. The predicted octanol–water partition coefficient (Wildman–Crippen LogP) is 2.13. The van der Waals surface area contributed by atoms with Gasteiger partial charge in [0.2, 0.25) is 0 Å². The lowest BCUT2D eigenvalue weighted by molar-refractivity contribution is -0.122. The molecule has 0 aromatic heterocycles. The molecule has 0 amide bonds. The van der Waals surface area contributed by atoms with Crippen LogP contribution in [0, 0.1) is 5.92 Å². The van der Waals surface area contributed by atoms with Crippen molar-refractivity contribution >= 4 is 0 Å². The molecule has 3 N–H and O–H groups in total. The zero-order valence-corrected chi connectivity index (χ0v) is 12.9. The number of aliphatic hydroxyl groups is 2. The van der Waals surface area contributed by atoms with Crippen LogP contribution in [0.1, 0.15) is 44.2 Å². The Morgan fingerprint density at radius 1 is 1.24 bits per heavy atom. The zero-order chi connectivity index (χ0) is 15.4. The Morgan fingerprint density at radius 3 is 2.62 bits per heavy atom. The van der Waals surface area contributed by atoms with Gasteiger partial charge in [0.25, 0.3) is 0 Å². The van der Waals surface area contributed by atoms with Gasteiger partial charge in [0.15, 0.2) is 11.5 Å². The molecule has 4 unspecified atom stereocenters. The van der Waals surface area contributed by atoms with Gasteiger partial charge in [0, 0.05) is 11.0 Å². The van der Waals surface area contributed by atoms with Gasteiger partial charge in [-0.25, -0.2) is 0 Å². The second-order valence-corrected chi connectivity index (χ2v) is 6.93. The van der Waals surface area contributed by atoms with Crippen molar-refractivity contribution in [2.24, 2.45) is 5.92 Å². The van der Waals surface area contributed by atoms with Crippen molar-refractivity contribution in [2.75, 3.05) is 7.11 Å². The summed E-state index contributed by atoms with van der Waals surface area (Å²) in [5.74, 6) is 0.633. The van der Waals surface area contributed by atoms with Crippen LogP contribution in [0.25, 0.3) is 0 Å². The van der Waals surface area contributed by atoms with E-state index in [9.17, 15) is 15.3 Å². The minimum absolute atomic E-state index is 0.00551. The maximum Gasteiger partial charge on any atom is 0.161 e. The average Bonchev–Trinajstić information content (AvgIpc) is 2.44. The number of hydrogen-bond acceptors (Lipinski definition) is 4. The summed E-state index contributed by atoms with van der Waals surface area (Å²) >= 11 is 0. The van der Waals surface area contributed by atoms with Gasteiger partial charge in [-0.15, -0.1) is 0 Å². The number of methoxy groups -OCH3 is 1. The van der Waals surface area contributed by atoms with E-state index in [4.69, 9.17) is 4.74 Å². The highest BCUT2D eigenvalue weighted by molar-refractivity contribution is 5.54. The van der Waals surface area contributed by atoms with Crippen LogP contribution in [0.2, 0.25) is 0 Å². The maximum atomic E-state index is 10.7. The predicted molar refractivity (Wildman–Crippen MR) is 79.7 cm³/mol. The summed E-state index contributed by atoms with van der Waals surface area (Å²) in [4.78, 5) is 0. The maximum absolute atomic E-state index is 10.7. The lowest BCUT2D eigenvalue weighted by atomic mass is 9.52. The molecule has 2 aliphatic carbocycles. The third kappa shape index (κ3) is 1.89. The van der Waals surface area contributed by atoms with Crippen LogP contribution < -0.4 is 4.74 Å². The number of fused-ring (bicyclic) bond motifs is 3. The second-order valence-electron chi connectivity index (χ2n) is 6.93. The van der Waals surface area contributed by atoms with E-state index in [2.05, 4.69) is 0 Å². The van der Waals surface area contributed by atoms with Crippen molar-refractivity contribution in [1.29, 1.82) is 0 Å². The summed E-state index contributed by atoms with van der Waals surface area (Å²) in [7, 11) is 1.54. The molecular weight excluding hydrogens is 268 g/mol. The van der Waals surface area contributed by atoms with E-state index >= 15 is 0 Å². The van der Waals surface area contributed by atoms with Crippen LogP contribution in [0.3, 0.4) is 0 Å². The molecule has 116 valence electrons. The first kappa shape index (κ1) is 14.7. The number of aliphatic hydroxyl groups excluding tert-OH is 1. The topological polar surface area (TPSA) is 69.9 Å².